The molecule has 0 aliphatic heterocycles. The Bertz CT molecular complexity index is 1030. The number of fused-ring (bicyclic) bond motifs is 1. The molecule has 2 aromatic heterocycles. The van der Waals surface area contributed by atoms with E-state index in [0.717, 1.165) is 10.1 Å². The third-order valence-electron chi connectivity index (χ3n) is 3.93. The smallest absolute Gasteiger partial charge is 0.332 e. The highest BCUT2D eigenvalue weighted by Gasteiger charge is 2.12. The van der Waals surface area contributed by atoms with E-state index >= 15 is 0 Å². The van der Waals surface area contributed by atoms with E-state index in [1.807, 2.05) is 30.3 Å². The lowest BCUT2D eigenvalue weighted by Crippen LogP contribution is -2.37. The molecule has 9 heteroatoms. The second-order valence-corrected chi connectivity index (χ2v) is 5.87. The zero-order valence-corrected chi connectivity index (χ0v) is 14.8. The zero-order valence-electron chi connectivity index (χ0n) is 14.8. The highest BCUT2D eigenvalue weighted by atomic mass is 16.4. The van der Waals surface area contributed by atoms with Crippen molar-refractivity contribution in [3.8, 4) is 0 Å². The van der Waals surface area contributed by atoms with Gasteiger partial charge in [-0.2, -0.15) is 0 Å². The van der Waals surface area contributed by atoms with Crippen LogP contribution in [0.5, 0.6) is 0 Å². The van der Waals surface area contributed by atoms with Crippen molar-refractivity contribution in [2.45, 2.75) is 12.5 Å². The van der Waals surface area contributed by atoms with Crippen molar-refractivity contribution >= 4 is 17.1 Å². The van der Waals surface area contributed by atoms with Gasteiger partial charge in [-0.3, -0.25) is 18.7 Å². The van der Waals surface area contributed by atoms with Crippen LogP contribution in [0.25, 0.3) is 11.2 Å². The molecule has 1 aromatic carbocycles. The second-order valence-electron chi connectivity index (χ2n) is 5.87. The molecule has 0 unspecified atom stereocenters. The Morgan fingerprint density at radius 3 is 2.35 bits per heavy atom. The summed E-state index contributed by atoms with van der Waals surface area (Å²) in [4.78, 5) is 37.5. The number of aryl methyl sites for hydroxylation is 2. The number of carbonyl (C=O) groups is 1. The van der Waals surface area contributed by atoms with Gasteiger partial charge in [-0.05, 0) is 12.0 Å². The number of aliphatic carboxylic acids is 1. The van der Waals surface area contributed by atoms with Gasteiger partial charge < -0.3 is 15.4 Å². The Hall–Kier alpha value is -3.20. The molecule has 2 heterocycles. The number of nitrogens with zero attached hydrogens (tertiary/aromatic N) is 4. The third-order valence-corrected chi connectivity index (χ3v) is 3.93. The van der Waals surface area contributed by atoms with E-state index in [2.05, 4.69) is 4.98 Å². The largest absolute Gasteiger partial charge is 0.480 e. The number of carboxylic acids is 1. The van der Waals surface area contributed by atoms with Crippen molar-refractivity contribution in [3.05, 3.63) is 63.1 Å². The molecule has 3 aromatic rings. The van der Waals surface area contributed by atoms with Crippen LogP contribution in [-0.2, 0) is 32.4 Å². The lowest BCUT2D eigenvalue weighted by molar-refractivity contribution is -0.138. The fourth-order valence-corrected chi connectivity index (χ4v) is 2.43. The maximum Gasteiger partial charge on any atom is 0.332 e. The van der Waals surface area contributed by atoms with E-state index in [1.54, 1.807) is 18.7 Å². The predicted octanol–water partition coefficient (Wildman–Crippen LogP) is -0.388. The minimum absolute atomic E-state index is 0.317. The Balaban J connectivity index is 0.000000190. The molecule has 0 radical (unpaired) electrons. The number of rotatable bonds is 3. The summed E-state index contributed by atoms with van der Waals surface area (Å²) in [6.07, 6.45) is 1.90. The van der Waals surface area contributed by atoms with E-state index in [-0.39, 0.29) is 11.2 Å². The molecule has 138 valence electrons. The van der Waals surface area contributed by atoms with Gasteiger partial charge in [0, 0.05) is 21.1 Å². The van der Waals surface area contributed by atoms with Gasteiger partial charge in [0.2, 0.25) is 0 Å². The molecule has 0 amide bonds. The van der Waals surface area contributed by atoms with Crippen LogP contribution in [0.15, 0.2) is 46.2 Å². The van der Waals surface area contributed by atoms with Crippen molar-refractivity contribution in [1.82, 2.24) is 18.7 Å². The summed E-state index contributed by atoms with van der Waals surface area (Å²) < 4.78 is 4.04. The number of hydrogen-bond acceptors (Lipinski definition) is 5. The highest BCUT2D eigenvalue weighted by Crippen LogP contribution is 2.02. The van der Waals surface area contributed by atoms with Crippen molar-refractivity contribution in [2.24, 2.45) is 26.9 Å². The number of nitrogens with two attached hydrogens (primary N) is 1. The number of imidazole rings is 1. The van der Waals surface area contributed by atoms with Gasteiger partial charge in [-0.1, -0.05) is 30.3 Å². The van der Waals surface area contributed by atoms with Crippen LogP contribution in [0.4, 0.5) is 0 Å². The Labute approximate surface area is 148 Å². The summed E-state index contributed by atoms with van der Waals surface area (Å²) in [5.74, 6) is -0.959. The highest BCUT2D eigenvalue weighted by molar-refractivity contribution is 5.73. The number of benzene rings is 1. The van der Waals surface area contributed by atoms with Crippen molar-refractivity contribution in [3.63, 3.8) is 0 Å². The van der Waals surface area contributed by atoms with Crippen LogP contribution in [0.1, 0.15) is 5.56 Å². The summed E-state index contributed by atoms with van der Waals surface area (Å²) in [5.41, 5.74) is 6.48. The number of carboxylic acid groups (broad SMARTS) is 1. The summed E-state index contributed by atoms with van der Waals surface area (Å²) in [6.45, 7) is 0. The monoisotopic (exact) mass is 359 g/mol. The number of hydrogen-bond donors (Lipinski definition) is 2. The quantitative estimate of drug-likeness (QED) is 0.656. The van der Waals surface area contributed by atoms with Crippen molar-refractivity contribution in [2.75, 3.05) is 0 Å². The molecular weight excluding hydrogens is 338 g/mol. The summed E-state index contributed by atoms with van der Waals surface area (Å²) in [6, 6.07) is 8.54. The van der Waals surface area contributed by atoms with Gasteiger partial charge in [0.1, 0.15) is 6.04 Å². The first-order valence-corrected chi connectivity index (χ1v) is 7.83. The molecule has 1 atom stereocenters. The Morgan fingerprint density at radius 2 is 1.77 bits per heavy atom. The zero-order chi connectivity index (χ0) is 19.4. The summed E-state index contributed by atoms with van der Waals surface area (Å²) in [5, 5.41) is 8.52. The van der Waals surface area contributed by atoms with E-state index in [9.17, 15) is 14.4 Å². The van der Waals surface area contributed by atoms with Gasteiger partial charge in [-0.25, -0.2) is 9.78 Å². The van der Waals surface area contributed by atoms with E-state index in [4.69, 9.17) is 10.8 Å². The van der Waals surface area contributed by atoms with Gasteiger partial charge in [0.15, 0.2) is 11.2 Å². The minimum Gasteiger partial charge on any atom is -0.480 e. The Morgan fingerprint density at radius 1 is 1.15 bits per heavy atom. The van der Waals surface area contributed by atoms with Crippen LogP contribution < -0.4 is 17.0 Å². The molecule has 0 saturated heterocycles. The van der Waals surface area contributed by atoms with Crippen LogP contribution in [0.3, 0.4) is 0 Å². The predicted molar refractivity (Wildman–Crippen MR) is 97.0 cm³/mol. The molecule has 0 bridgehead atoms. The van der Waals surface area contributed by atoms with Gasteiger partial charge in [0.05, 0.1) is 6.33 Å². The Kier molecular flexibility index (Phi) is 5.73. The molecule has 0 fully saturated rings. The fourth-order valence-electron chi connectivity index (χ4n) is 2.43. The van der Waals surface area contributed by atoms with E-state index < -0.39 is 12.0 Å². The minimum atomic E-state index is -0.959. The van der Waals surface area contributed by atoms with Crippen LogP contribution in [-0.4, -0.2) is 35.8 Å². The van der Waals surface area contributed by atoms with Gasteiger partial charge >= 0.3 is 11.7 Å². The molecule has 3 rings (SSSR count). The average molecular weight is 359 g/mol. The van der Waals surface area contributed by atoms with Crippen molar-refractivity contribution in [1.29, 1.82) is 0 Å². The molecule has 0 spiro atoms. The molecular formula is C17H21N5O4. The molecule has 0 aliphatic carbocycles. The van der Waals surface area contributed by atoms with E-state index in [1.165, 1.54) is 17.9 Å². The standard InChI is InChI=1S/C9H11NO2.C8H10N4O2/c10-8(9(11)12)6-7-4-2-1-3-5-7;1-10-4-9-6-5(10)7(13)12(3)8(14)11(6)2/h1-5,8H,6,10H2,(H,11,12);4H,1-3H3/t8-;/m0./s1. The average Bonchev–Trinajstić information content (AvgIpc) is 3.01. The van der Waals surface area contributed by atoms with Crippen LogP contribution in [0.2, 0.25) is 0 Å². The molecule has 0 saturated carbocycles. The normalized spacial score (nSPS) is 11.7. The fraction of sp³-hybridized carbons (Fsp3) is 0.294. The molecule has 9 nitrogen and oxygen atoms in total. The first-order valence-electron chi connectivity index (χ1n) is 7.83. The molecule has 0 aliphatic rings. The molecule has 3 N–H and O–H groups in total. The third kappa shape index (κ3) is 3.89. The van der Waals surface area contributed by atoms with Gasteiger partial charge in [-0.15, -0.1) is 0 Å². The maximum absolute atomic E-state index is 11.7. The summed E-state index contributed by atoms with van der Waals surface area (Å²) in [7, 11) is 4.77. The van der Waals surface area contributed by atoms with E-state index in [0.29, 0.717) is 17.6 Å². The first kappa shape index (κ1) is 19.1. The topological polar surface area (TPSA) is 125 Å². The number of aromatic nitrogens is 4. The molecule has 26 heavy (non-hydrogen) atoms. The van der Waals surface area contributed by atoms with Crippen LogP contribution >= 0.6 is 0 Å². The first-order chi connectivity index (χ1) is 12.2. The SMILES string of the molecule is Cn1c(=O)c2c(ncn2C)n(C)c1=O.N[C@@H](Cc1ccccc1)C(=O)O. The van der Waals surface area contributed by atoms with Gasteiger partial charge in [0.25, 0.3) is 5.56 Å². The maximum atomic E-state index is 11.7. The summed E-state index contributed by atoms with van der Waals surface area (Å²) >= 11 is 0. The second kappa shape index (κ2) is 7.79. The lowest BCUT2D eigenvalue weighted by atomic mass is 10.1. The lowest BCUT2D eigenvalue weighted by Gasteiger charge is -2.04. The van der Waals surface area contributed by atoms with Crippen LogP contribution in [0, 0.1) is 0 Å². The van der Waals surface area contributed by atoms with Crippen molar-refractivity contribution < 1.29 is 9.90 Å².